The van der Waals surface area contributed by atoms with Crippen LogP contribution in [0.3, 0.4) is 0 Å². The molecular weight excluding hydrogens is 250 g/mol. The van der Waals surface area contributed by atoms with E-state index < -0.39 is 0 Å². The molecule has 94 valence electrons. The topological polar surface area (TPSA) is 94.5 Å². The van der Waals surface area contributed by atoms with Crippen molar-refractivity contribution in [2.24, 2.45) is 5.73 Å². The van der Waals surface area contributed by atoms with Gasteiger partial charge in [0.15, 0.2) is 0 Å². The molecule has 3 N–H and O–H groups in total. The summed E-state index contributed by atoms with van der Waals surface area (Å²) in [7, 11) is 0. The van der Waals surface area contributed by atoms with Crippen molar-refractivity contribution in [3.8, 4) is 0 Å². The molecule has 0 aromatic carbocycles. The second kappa shape index (κ2) is 6.01. The third kappa shape index (κ3) is 3.45. The van der Waals surface area contributed by atoms with Crippen LogP contribution in [0, 0.1) is 0 Å². The molecule has 0 aliphatic rings. The fourth-order valence-electron chi connectivity index (χ4n) is 1.37. The van der Waals surface area contributed by atoms with Crippen molar-refractivity contribution >= 4 is 23.2 Å². The van der Waals surface area contributed by atoms with E-state index in [1.54, 1.807) is 23.1 Å². The molecule has 2 aromatic rings. The van der Waals surface area contributed by atoms with E-state index in [-0.39, 0.29) is 4.99 Å². The number of hydrogen-bond donors (Lipinski definition) is 2. The third-order valence-corrected chi connectivity index (χ3v) is 2.44. The first-order chi connectivity index (χ1) is 8.75. The molecule has 2 rings (SSSR count). The molecule has 2 aromatic heterocycles. The van der Waals surface area contributed by atoms with Crippen LogP contribution >= 0.6 is 12.2 Å². The minimum Gasteiger partial charge on any atom is -0.388 e. The highest BCUT2D eigenvalue weighted by atomic mass is 32.1. The Morgan fingerprint density at radius 1 is 1.44 bits per heavy atom. The van der Waals surface area contributed by atoms with Crippen LogP contribution in [0.25, 0.3) is 0 Å². The second-order valence-corrected chi connectivity index (χ2v) is 4.02. The maximum Gasteiger partial charge on any atom is 0.223 e. The van der Waals surface area contributed by atoms with Gasteiger partial charge in [-0.3, -0.25) is 4.68 Å². The molecule has 0 saturated carbocycles. The van der Waals surface area contributed by atoms with Crippen LogP contribution in [-0.4, -0.2) is 36.5 Å². The first-order valence-electron chi connectivity index (χ1n) is 5.46. The lowest BCUT2D eigenvalue weighted by molar-refractivity contribution is 0.569. The molecule has 0 spiro atoms. The van der Waals surface area contributed by atoms with Gasteiger partial charge >= 0.3 is 0 Å². The zero-order valence-electron chi connectivity index (χ0n) is 9.65. The SMILES string of the molecule is NC(=S)c1ccnc(NCCCn2ccnn2)n1. The predicted molar refractivity (Wildman–Crippen MR) is 71.0 cm³/mol. The number of anilines is 1. The number of nitrogens with two attached hydrogens (primary N) is 1. The number of nitrogens with one attached hydrogen (secondary N) is 1. The third-order valence-electron chi connectivity index (χ3n) is 2.23. The number of rotatable bonds is 6. The molecule has 0 amide bonds. The largest absolute Gasteiger partial charge is 0.388 e. The van der Waals surface area contributed by atoms with Crippen LogP contribution in [0.1, 0.15) is 12.1 Å². The van der Waals surface area contributed by atoms with Gasteiger partial charge in [-0.05, 0) is 12.5 Å². The first-order valence-corrected chi connectivity index (χ1v) is 5.87. The van der Waals surface area contributed by atoms with Gasteiger partial charge in [0.05, 0.1) is 6.20 Å². The summed E-state index contributed by atoms with van der Waals surface area (Å²) in [6, 6.07) is 1.68. The highest BCUT2D eigenvalue weighted by molar-refractivity contribution is 7.80. The van der Waals surface area contributed by atoms with Crippen molar-refractivity contribution in [3.63, 3.8) is 0 Å². The van der Waals surface area contributed by atoms with Gasteiger partial charge in [0.2, 0.25) is 5.95 Å². The van der Waals surface area contributed by atoms with Crippen molar-refractivity contribution < 1.29 is 0 Å². The van der Waals surface area contributed by atoms with Gasteiger partial charge in [-0.15, -0.1) is 5.10 Å². The van der Waals surface area contributed by atoms with Gasteiger partial charge < -0.3 is 11.1 Å². The Morgan fingerprint density at radius 3 is 3.06 bits per heavy atom. The fourth-order valence-corrected chi connectivity index (χ4v) is 1.49. The molecule has 0 saturated heterocycles. The molecule has 0 atom stereocenters. The summed E-state index contributed by atoms with van der Waals surface area (Å²) in [6.07, 6.45) is 6.00. The number of thiocarbonyl (C=S) groups is 1. The summed E-state index contributed by atoms with van der Waals surface area (Å²) in [5.41, 5.74) is 6.06. The van der Waals surface area contributed by atoms with Crippen molar-refractivity contribution in [2.75, 3.05) is 11.9 Å². The fraction of sp³-hybridized carbons (Fsp3) is 0.300. The van der Waals surface area contributed by atoms with E-state index in [0.29, 0.717) is 11.6 Å². The van der Waals surface area contributed by atoms with Crippen molar-refractivity contribution in [1.29, 1.82) is 0 Å². The Morgan fingerprint density at radius 2 is 2.33 bits per heavy atom. The van der Waals surface area contributed by atoms with Gasteiger partial charge in [0.25, 0.3) is 0 Å². The van der Waals surface area contributed by atoms with E-state index in [1.165, 1.54) is 0 Å². The number of aromatic nitrogens is 5. The first kappa shape index (κ1) is 12.4. The zero-order chi connectivity index (χ0) is 12.8. The molecule has 0 aliphatic heterocycles. The molecule has 8 heteroatoms. The van der Waals surface area contributed by atoms with E-state index in [0.717, 1.165) is 19.5 Å². The molecule has 0 aliphatic carbocycles. The monoisotopic (exact) mass is 263 g/mol. The van der Waals surface area contributed by atoms with Crippen molar-refractivity contribution in [1.82, 2.24) is 25.0 Å². The Bertz CT molecular complexity index is 511. The van der Waals surface area contributed by atoms with Crippen LogP contribution in [0.5, 0.6) is 0 Å². The molecule has 0 radical (unpaired) electrons. The lowest BCUT2D eigenvalue weighted by Crippen LogP contribution is -2.14. The molecule has 2 heterocycles. The summed E-state index contributed by atoms with van der Waals surface area (Å²) in [5.74, 6) is 0.527. The lowest BCUT2D eigenvalue weighted by Gasteiger charge is -2.05. The van der Waals surface area contributed by atoms with Gasteiger partial charge in [-0.1, -0.05) is 17.4 Å². The predicted octanol–water partition coefficient (Wildman–Crippen LogP) is 0.204. The molecule has 0 bridgehead atoms. The van der Waals surface area contributed by atoms with Crippen LogP contribution in [-0.2, 0) is 6.54 Å². The number of aryl methyl sites for hydroxylation is 1. The van der Waals surface area contributed by atoms with E-state index in [4.69, 9.17) is 18.0 Å². The summed E-state index contributed by atoms with van der Waals surface area (Å²) < 4.78 is 1.77. The maximum absolute atomic E-state index is 5.50. The van der Waals surface area contributed by atoms with E-state index in [2.05, 4.69) is 25.6 Å². The smallest absolute Gasteiger partial charge is 0.223 e. The normalized spacial score (nSPS) is 10.2. The average Bonchev–Trinajstić information content (AvgIpc) is 2.88. The van der Waals surface area contributed by atoms with Crippen LogP contribution < -0.4 is 11.1 Å². The van der Waals surface area contributed by atoms with Crippen LogP contribution in [0.4, 0.5) is 5.95 Å². The summed E-state index contributed by atoms with van der Waals surface area (Å²) in [6.45, 7) is 1.53. The maximum atomic E-state index is 5.50. The molecule has 0 unspecified atom stereocenters. The Balaban J connectivity index is 1.79. The van der Waals surface area contributed by atoms with E-state index in [9.17, 15) is 0 Å². The second-order valence-electron chi connectivity index (χ2n) is 3.58. The molecule has 18 heavy (non-hydrogen) atoms. The van der Waals surface area contributed by atoms with E-state index in [1.807, 2.05) is 6.20 Å². The van der Waals surface area contributed by atoms with E-state index >= 15 is 0 Å². The summed E-state index contributed by atoms with van der Waals surface area (Å²) in [5, 5.41) is 10.7. The van der Waals surface area contributed by atoms with Gasteiger partial charge in [0, 0.05) is 25.5 Å². The molecule has 7 nitrogen and oxygen atoms in total. The standard InChI is InChI=1S/C10H13N7S/c11-9(18)8-2-4-13-10(15-8)12-3-1-6-17-7-5-14-16-17/h2,4-5,7H,1,3,6H2,(H2,11,18)(H,12,13,15). The van der Waals surface area contributed by atoms with Gasteiger partial charge in [-0.25, -0.2) is 9.97 Å². The minimum absolute atomic E-state index is 0.267. The highest BCUT2D eigenvalue weighted by Gasteiger charge is 2.00. The Labute approximate surface area is 109 Å². The minimum atomic E-state index is 0.267. The number of nitrogens with zero attached hydrogens (tertiary/aromatic N) is 5. The molecular formula is C10H13N7S. The van der Waals surface area contributed by atoms with Crippen molar-refractivity contribution in [2.45, 2.75) is 13.0 Å². The Kier molecular flexibility index (Phi) is 4.13. The molecule has 0 fully saturated rings. The summed E-state index contributed by atoms with van der Waals surface area (Å²) in [4.78, 5) is 8.53. The average molecular weight is 263 g/mol. The summed E-state index contributed by atoms with van der Waals surface area (Å²) >= 11 is 4.85. The lowest BCUT2D eigenvalue weighted by atomic mass is 10.4. The van der Waals surface area contributed by atoms with Gasteiger partial charge in [-0.2, -0.15) is 0 Å². The number of hydrogen-bond acceptors (Lipinski definition) is 6. The van der Waals surface area contributed by atoms with Crippen LogP contribution in [0.15, 0.2) is 24.7 Å². The quantitative estimate of drug-likeness (QED) is 0.568. The highest BCUT2D eigenvalue weighted by Crippen LogP contribution is 2.00. The van der Waals surface area contributed by atoms with Crippen LogP contribution in [0.2, 0.25) is 0 Å². The Hall–Kier alpha value is -2.09. The van der Waals surface area contributed by atoms with Gasteiger partial charge in [0.1, 0.15) is 10.7 Å². The van der Waals surface area contributed by atoms with Crippen molar-refractivity contribution in [3.05, 3.63) is 30.4 Å². The zero-order valence-corrected chi connectivity index (χ0v) is 10.5.